The van der Waals surface area contributed by atoms with Crippen molar-refractivity contribution in [1.29, 1.82) is 0 Å². The summed E-state index contributed by atoms with van der Waals surface area (Å²) >= 11 is 12.6. The fourth-order valence-corrected chi connectivity index (χ4v) is 5.22. The number of unbranched alkanes of at least 4 members (excludes halogenated alkanes) is 9. The van der Waals surface area contributed by atoms with Gasteiger partial charge >= 0.3 is 0 Å². The summed E-state index contributed by atoms with van der Waals surface area (Å²) < 4.78 is 4.45. The van der Waals surface area contributed by atoms with Crippen molar-refractivity contribution in [2.75, 3.05) is 0 Å². The van der Waals surface area contributed by atoms with Gasteiger partial charge in [-0.05, 0) is 49.9 Å². The average molecular weight is 517 g/mol. The van der Waals surface area contributed by atoms with E-state index in [9.17, 15) is 0 Å². The molecular formula is C30H43Cl2N3. The molecule has 0 saturated heterocycles. The van der Waals surface area contributed by atoms with E-state index >= 15 is 0 Å². The number of nitrogens with zero attached hydrogens (tertiary/aromatic N) is 3. The third-order valence-electron chi connectivity index (χ3n) is 6.96. The van der Waals surface area contributed by atoms with Gasteiger partial charge in [-0.15, -0.1) is 0 Å². The molecule has 2 aromatic carbocycles. The summed E-state index contributed by atoms with van der Waals surface area (Å²) in [5, 5.41) is 1.17. The number of aromatic nitrogens is 2. The Balaban J connectivity index is 1.53. The Bertz CT molecular complexity index is 1060. The smallest absolute Gasteiger partial charge is 0.206 e. The molecule has 0 unspecified atom stereocenters. The van der Waals surface area contributed by atoms with Gasteiger partial charge in [-0.2, -0.15) is 0 Å². The molecule has 0 bridgehead atoms. The fourth-order valence-electron chi connectivity index (χ4n) is 4.90. The molecule has 0 atom stereocenters. The maximum atomic E-state index is 6.31. The van der Waals surface area contributed by atoms with Crippen molar-refractivity contribution in [2.45, 2.75) is 111 Å². The molecule has 3 aromatic rings. The predicted octanol–water partition coefficient (Wildman–Crippen LogP) is 9.35. The normalized spacial score (nSPS) is 11.5. The molecule has 192 valence electrons. The minimum absolute atomic E-state index is 0.583. The van der Waals surface area contributed by atoms with Crippen molar-refractivity contribution in [1.82, 2.24) is 9.13 Å². The Hall–Kier alpha value is -1.71. The first-order chi connectivity index (χ1) is 17.1. The summed E-state index contributed by atoms with van der Waals surface area (Å²) in [6, 6.07) is 12.9. The zero-order chi connectivity index (χ0) is 25.0. The van der Waals surface area contributed by atoms with Crippen LogP contribution in [0.3, 0.4) is 0 Å². The Morgan fingerprint density at radius 2 is 1.09 bits per heavy atom. The van der Waals surface area contributed by atoms with Crippen LogP contribution in [-0.2, 0) is 26.1 Å². The molecule has 0 amide bonds. The van der Waals surface area contributed by atoms with Crippen LogP contribution < -0.4 is 5.62 Å². The van der Waals surface area contributed by atoms with Gasteiger partial charge in [0.2, 0.25) is 5.62 Å². The Labute approximate surface area is 222 Å². The highest BCUT2D eigenvalue weighted by molar-refractivity contribution is 6.42. The van der Waals surface area contributed by atoms with E-state index in [1.54, 1.807) is 0 Å². The lowest BCUT2D eigenvalue weighted by molar-refractivity contribution is 0.556. The Kier molecular flexibility index (Phi) is 11.7. The van der Waals surface area contributed by atoms with Crippen molar-refractivity contribution in [3.8, 4) is 0 Å². The first-order valence-electron chi connectivity index (χ1n) is 13.7. The van der Waals surface area contributed by atoms with E-state index in [4.69, 9.17) is 28.2 Å². The van der Waals surface area contributed by atoms with Gasteiger partial charge in [0.25, 0.3) is 0 Å². The van der Waals surface area contributed by atoms with E-state index in [2.05, 4.69) is 54.2 Å². The van der Waals surface area contributed by atoms with Crippen LogP contribution in [0.5, 0.6) is 0 Å². The van der Waals surface area contributed by atoms with Crippen molar-refractivity contribution in [2.24, 2.45) is 4.99 Å². The molecule has 1 aromatic heterocycles. The van der Waals surface area contributed by atoms with E-state index < -0.39 is 0 Å². The molecule has 0 fully saturated rings. The molecule has 0 aliphatic rings. The first kappa shape index (κ1) is 27.9. The topological polar surface area (TPSA) is 22.2 Å². The number of benzene rings is 2. The highest BCUT2D eigenvalue weighted by Gasteiger charge is 2.12. The van der Waals surface area contributed by atoms with Crippen LogP contribution in [0.2, 0.25) is 10.0 Å². The number of aryl methyl sites for hydroxylation is 3. The minimum atomic E-state index is 0.583. The van der Waals surface area contributed by atoms with Crippen LogP contribution in [-0.4, -0.2) is 9.13 Å². The molecule has 5 heteroatoms. The van der Waals surface area contributed by atoms with Crippen LogP contribution in [0, 0.1) is 0 Å². The van der Waals surface area contributed by atoms with Gasteiger partial charge in [0, 0.05) is 13.1 Å². The lowest BCUT2D eigenvalue weighted by atomic mass is 10.0. The molecule has 0 spiro atoms. The highest BCUT2D eigenvalue weighted by atomic mass is 35.5. The number of rotatable bonds is 15. The zero-order valence-corrected chi connectivity index (χ0v) is 23.5. The molecule has 0 N–H and O–H groups in total. The number of fused-ring (bicyclic) bond motifs is 1. The van der Waals surface area contributed by atoms with Gasteiger partial charge in [-0.25, -0.2) is 4.99 Å². The average Bonchev–Trinajstić information content (AvgIpc) is 3.16. The monoisotopic (exact) mass is 515 g/mol. The van der Waals surface area contributed by atoms with E-state index in [1.165, 1.54) is 81.8 Å². The fraction of sp³-hybridized carbons (Fsp3) is 0.567. The SMILES string of the molecule is CCCCCCCCCCCCc1ccc(CN=c2n(CC)c3cc(Cl)c(Cl)cc3n2CC)cc1. The van der Waals surface area contributed by atoms with Crippen molar-refractivity contribution in [3.63, 3.8) is 0 Å². The van der Waals surface area contributed by atoms with E-state index in [-0.39, 0.29) is 0 Å². The maximum Gasteiger partial charge on any atom is 0.206 e. The van der Waals surface area contributed by atoms with Crippen LogP contribution in [0.1, 0.15) is 96.1 Å². The number of hydrogen-bond acceptors (Lipinski definition) is 1. The second-order valence-electron chi connectivity index (χ2n) is 9.61. The largest absolute Gasteiger partial charge is 0.310 e. The number of halogens is 2. The zero-order valence-electron chi connectivity index (χ0n) is 22.0. The summed E-state index contributed by atoms with van der Waals surface area (Å²) in [6.45, 7) is 8.89. The number of imidazole rings is 1. The first-order valence-corrected chi connectivity index (χ1v) is 14.5. The third kappa shape index (κ3) is 7.89. The number of hydrogen-bond donors (Lipinski definition) is 0. The molecule has 3 nitrogen and oxygen atoms in total. The Morgan fingerprint density at radius 3 is 1.57 bits per heavy atom. The Morgan fingerprint density at radius 1 is 0.629 bits per heavy atom. The van der Waals surface area contributed by atoms with Gasteiger partial charge in [0.1, 0.15) is 0 Å². The summed E-state index contributed by atoms with van der Waals surface area (Å²) in [7, 11) is 0. The van der Waals surface area contributed by atoms with Gasteiger partial charge in [0.15, 0.2) is 0 Å². The van der Waals surface area contributed by atoms with Crippen LogP contribution in [0.25, 0.3) is 11.0 Å². The van der Waals surface area contributed by atoms with Crippen molar-refractivity contribution < 1.29 is 0 Å². The predicted molar refractivity (Wildman–Crippen MR) is 153 cm³/mol. The van der Waals surface area contributed by atoms with Crippen molar-refractivity contribution in [3.05, 3.63) is 63.2 Å². The molecule has 0 saturated carbocycles. The molecule has 0 aliphatic carbocycles. The van der Waals surface area contributed by atoms with E-state index in [0.717, 1.165) is 29.7 Å². The molecule has 35 heavy (non-hydrogen) atoms. The molecular weight excluding hydrogens is 473 g/mol. The molecule has 0 radical (unpaired) electrons. The maximum absolute atomic E-state index is 6.31. The lowest BCUT2D eigenvalue weighted by Gasteiger charge is -2.05. The highest BCUT2D eigenvalue weighted by Crippen LogP contribution is 2.27. The van der Waals surface area contributed by atoms with Crippen LogP contribution in [0.15, 0.2) is 41.4 Å². The summed E-state index contributed by atoms with van der Waals surface area (Å²) in [4.78, 5) is 5.01. The van der Waals surface area contributed by atoms with Gasteiger partial charge in [-0.1, -0.05) is 112 Å². The van der Waals surface area contributed by atoms with Crippen LogP contribution >= 0.6 is 23.2 Å². The second kappa shape index (κ2) is 14.8. The van der Waals surface area contributed by atoms with Crippen LogP contribution in [0.4, 0.5) is 0 Å². The van der Waals surface area contributed by atoms with E-state index in [0.29, 0.717) is 16.6 Å². The van der Waals surface area contributed by atoms with Gasteiger partial charge in [0.05, 0.1) is 27.6 Å². The quantitative estimate of drug-likeness (QED) is 0.180. The molecule has 0 aliphatic heterocycles. The van der Waals surface area contributed by atoms with Crippen molar-refractivity contribution >= 4 is 34.2 Å². The third-order valence-corrected chi connectivity index (χ3v) is 7.68. The molecule has 3 rings (SSSR count). The second-order valence-corrected chi connectivity index (χ2v) is 10.4. The standard InChI is InChI=1S/C30H43Cl2N3/c1-4-7-8-9-10-11-12-13-14-15-16-24-17-19-25(20-18-24)23-33-30-34(5-2)28-21-26(31)27(32)22-29(28)35(30)6-3/h17-22H,4-16,23H2,1-3H3. The lowest BCUT2D eigenvalue weighted by Crippen LogP contribution is -2.25. The van der Waals surface area contributed by atoms with E-state index in [1.807, 2.05) is 12.1 Å². The summed E-state index contributed by atoms with van der Waals surface area (Å²) in [5.41, 5.74) is 5.80. The summed E-state index contributed by atoms with van der Waals surface area (Å²) in [5.74, 6) is 0. The van der Waals surface area contributed by atoms with Gasteiger partial charge in [-0.3, -0.25) is 0 Å². The minimum Gasteiger partial charge on any atom is -0.310 e. The molecule has 1 heterocycles. The summed E-state index contributed by atoms with van der Waals surface area (Å²) in [6.07, 6.45) is 15.0. The van der Waals surface area contributed by atoms with Gasteiger partial charge < -0.3 is 9.13 Å².